The van der Waals surface area contributed by atoms with Crippen LogP contribution in [0.1, 0.15) is 10.5 Å². The molecule has 15 nitrogen and oxygen atoms in total. The molecule has 1 aromatic carbocycles. The van der Waals surface area contributed by atoms with E-state index < -0.39 is 45.1 Å². The quantitative estimate of drug-likeness (QED) is 0.202. The molecule has 16 heteroatoms. The van der Waals surface area contributed by atoms with Crippen LogP contribution in [0.3, 0.4) is 0 Å². The molecule has 6 N–H and O–H groups in total. The average molecular weight is 530 g/mol. The van der Waals surface area contributed by atoms with Crippen molar-refractivity contribution in [3.8, 4) is 11.1 Å². The summed E-state index contributed by atoms with van der Waals surface area (Å²) in [5, 5.41) is 41.8. The molecule has 4 rings (SSSR count). The van der Waals surface area contributed by atoms with Crippen LogP contribution in [0, 0.1) is 15.3 Å². The number of rotatable bonds is 5. The SMILES string of the molecule is C[N+](C)(C)c1cc(-c2ccc(S(N)(=O)=O)cc2)c(C(N)=O)n1[C@@]1(O)CO[C@@H]2[C@H](O)CO[C@@H]21.O=[N+]([O-])[O-]. The standard InChI is InChI=1S/C20H26N4O7S.NO3/c1-24(2,3)15-8-13(11-4-6-12(7-5-11)32(22,28)29)16(19(21)26)23(15)20(27)10-31-17-14(25)9-30-18(17)20;2-1(3)4/h4-8,14,17-18,25,27H,9-10H2,1-3H3,(H3-,21,22,26,28,29);/q;-1/p+1/t14-,17-,18+,20-;/m1./s1. The van der Waals surface area contributed by atoms with Crippen LogP contribution in [-0.2, 0) is 25.2 Å². The third kappa shape index (κ3) is 5.05. The fourth-order valence-electron chi connectivity index (χ4n) is 4.35. The summed E-state index contributed by atoms with van der Waals surface area (Å²) in [6, 6.07) is 7.40. The summed E-state index contributed by atoms with van der Waals surface area (Å²) >= 11 is 0. The van der Waals surface area contributed by atoms with Crippen LogP contribution in [0.15, 0.2) is 35.2 Å². The minimum atomic E-state index is -3.89. The van der Waals surface area contributed by atoms with Gasteiger partial charge in [-0.3, -0.25) is 13.8 Å². The van der Waals surface area contributed by atoms with E-state index in [-0.39, 0.29) is 28.3 Å². The summed E-state index contributed by atoms with van der Waals surface area (Å²) in [4.78, 5) is 20.8. The molecule has 36 heavy (non-hydrogen) atoms. The second-order valence-electron chi connectivity index (χ2n) is 9.25. The highest BCUT2D eigenvalue weighted by atomic mass is 32.2. The number of aliphatic hydroxyl groups is 2. The van der Waals surface area contributed by atoms with Crippen LogP contribution in [0.2, 0.25) is 0 Å². The zero-order chi connectivity index (χ0) is 27.2. The van der Waals surface area contributed by atoms with Gasteiger partial charge in [0.1, 0.15) is 24.0 Å². The van der Waals surface area contributed by atoms with Gasteiger partial charge >= 0.3 is 0 Å². The van der Waals surface area contributed by atoms with E-state index in [1.807, 2.05) is 21.1 Å². The number of primary amides is 1. The Morgan fingerprint density at radius 1 is 1.22 bits per heavy atom. The molecule has 0 bridgehead atoms. The Kier molecular flexibility index (Phi) is 7.17. The lowest BCUT2D eigenvalue weighted by molar-refractivity contribution is -0.402. The van der Waals surface area contributed by atoms with E-state index in [4.69, 9.17) is 35.7 Å². The molecule has 0 aliphatic carbocycles. The number of carbonyl (C=O) groups is 1. The molecule has 198 valence electrons. The van der Waals surface area contributed by atoms with Crippen LogP contribution in [0.5, 0.6) is 0 Å². The van der Waals surface area contributed by atoms with Crippen molar-refractivity contribution in [3.63, 3.8) is 0 Å². The number of fused-ring (bicyclic) bond motifs is 1. The third-order valence-electron chi connectivity index (χ3n) is 5.85. The molecular weight excluding hydrogens is 502 g/mol. The summed E-state index contributed by atoms with van der Waals surface area (Å²) in [7, 11) is 1.67. The highest BCUT2D eigenvalue weighted by Crippen LogP contribution is 2.44. The number of primary sulfonamides is 1. The Morgan fingerprint density at radius 2 is 1.78 bits per heavy atom. The topological polar surface area (TPSA) is 233 Å². The van der Waals surface area contributed by atoms with Crippen molar-refractivity contribution in [2.75, 3.05) is 34.4 Å². The van der Waals surface area contributed by atoms with Crippen LogP contribution in [-0.4, -0.2) is 86.9 Å². The smallest absolute Gasteiger partial charge is 0.266 e. The average Bonchev–Trinajstić information content (AvgIpc) is 3.41. The molecule has 2 aromatic rings. The van der Waals surface area contributed by atoms with E-state index in [0.717, 1.165) is 0 Å². The molecule has 2 aliphatic rings. The van der Waals surface area contributed by atoms with Gasteiger partial charge in [0.25, 0.3) is 5.91 Å². The second-order valence-corrected chi connectivity index (χ2v) is 10.8. The first kappa shape index (κ1) is 27.5. The highest BCUT2D eigenvalue weighted by Gasteiger charge is 2.59. The zero-order valence-corrected chi connectivity index (χ0v) is 20.4. The van der Waals surface area contributed by atoms with Crippen LogP contribution in [0.25, 0.3) is 11.1 Å². The molecule has 1 aromatic heterocycles. The molecular formula is C20H27N5O10S. The number of hydrogen-bond donors (Lipinski definition) is 4. The minimum absolute atomic E-state index is 0.00753. The molecule has 2 saturated heterocycles. The maximum Gasteiger partial charge on any atom is 0.266 e. The van der Waals surface area contributed by atoms with Gasteiger partial charge in [-0.1, -0.05) is 12.1 Å². The van der Waals surface area contributed by atoms with Crippen molar-refractivity contribution in [1.29, 1.82) is 0 Å². The van der Waals surface area contributed by atoms with Gasteiger partial charge in [0.2, 0.25) is 15.8 Å². The lowest BCUT2D eigenvalue weighted by Gasteiger charge is -2.34. The summed E-state index contributed by atoms with van der Waals surface area (Å²) in [6.45, 7) is -0.225. The predicted octanol–water partition coefficient (Wildman–Crippen LogP) is -1.34. The molecule has 0 saturated carbocycles. The van der Waals surface area contributed by atoms with E-state index in [0.29, 0.717) is 16.9 Å². The summed E-state index contributed by atoms with van der Waals surface area (Å²) in [6.07, 6.45) is -2.56. The van der Waals surface area contributed by atoms with Gasteiger partial charge < -0.3 is 40.7 Å². The van der Waals surface area contributed by atoms with Crippen molar-refractivity contribution in [3.05, 3.63) is 51.3 Å². The van der Waals surface area contributed by atoms with E-state index in [9.17, 15) is 23.4 Å². The minimum Gasteiger partial charge on any atom is -0.388 e. The van der Waals surface area contributed by atoms with Crippen molar-refractivity contribution in [1.82, 2.24) is 9.05 Å². The van der Waals surface area contributed by atoms with Gasteiger partial charge in [0, 0.05) is 11.6 Å². The lowest BCUT2D eigenvalue weighted by Crippen LogP contribution is -2.50. The third-order valence-corrected chi connectivity index (χ3v) is 6.78. The predicted molar refractivity (Wildman–Crippen MR) is 125 cm³/mol. The number of ether oxygens (including phenoxy) is 2. The van der Waals surface area contributed by atoms with Gasteiger partial charge in [0.05, 0.1) is 44.3 Å². The van der Waals surface area contributed by atoms with Gasteiger partial charge in [-0.2, -0.15) is 0 Å². The fourth-order valence-corrected chi connectivity index (χ4v) is 4.87. The summed E-state index contributed by atoms with van der Waals surface area (Å²) in [5.41, 5.74) is 4.89. The van der Waals surface area contributed by atoms with Crippen LogP contribution >= 0.6 is 0 Å². The number of nitrogens with two attached hydrogens (primary N) is 2. The first-order valence-corrected chi connectivity index (χ1v) is 12.0. The number of hydrogen-bond acceptors (Lipinski definition) is 10. The van der Waals surface area contributed by atoms with Crippen LogP contribution in [0.4, 0.5) is 5.82 Å². The second kappa shape index (κ2) is 9.40. The van der Waals surface area contributed by atoms with Gasteiger partial charge in [0.15, 0.2) is 5.72 Å². The monoisotopic (exact) mass is 529 g/mol. The largest absolute Gasteiger partial charge is 0.388 e. The molecule has 0 spiro atoms. The number of quaternary nitrogens is 1. The number of aromatic nitrogens is 1. The van der Waals surface area contributed by atoms with Crippen molar-refractivity contribution >= 4 is 21.7 Å². The van der Waals surface area contributed by atoms with Crippen molar-refractivity contribution in [2.24, 2.45) is 10.9 Å². The molecule has 2 fully saturated rings. The Balaban J connectivity index is 0.000000840. The van der Waals surface area contributed by atoms with Gasteiger partial charge in [-0.25, -0.2) is 13.6 Å². The molecule has 3 heterocycles. The van der Waals surface area contributed by atoms with Gasteiger partial charge in [-0.05, 0) is 17.7 Å². The van der Waals surface area contributed by atoms with E-state index in [2.05, 4.69) is 0 Å². The fraction of sp³-hybridized carbons (Fsp3) is 0.450. The summed E-state index contributed by atoms with van der Waals surface area (Å²) in [5.74, 6) is -0.272. The number of amides is 1. The Labute approximate surface area is 205 Å². The van der Waals surface area contributed by atoms with Crippen molar-refractivity contribution < 1.29 is 38.0 Å². The van der Waals surface area contributed by atoms with Crippen molar-refractivity contribution in [2.45, 2.75) is 28.9 Å². The Bertz CT molecular complexity index is 1270. The number of nitrogens with zero attached hydrogens (tertiary/aromatic N) is 3. The first-order chi connectivity index (χ1) is 16.5. The van der Waals surface area contributed by atoms with E-state index in [1.165, 1.54) is 28.8 Å². The first-order valence-electron chi connectivity index (χ1n) is 10.4. The van der Waals surface area contributed by atoms with Gasteiger partial charge in [-0.15, -0.1) is 0 Å². The maximum absolute atomic E-state index is 12.7. The van der Waals surface area contributed by atoms with Crippen LogP contribution < -0.4 is 15.4 Å². The maximum atomic E-state index is 12.7. The number of carbonyl (C=O) groups excluding carboxylic acids is 1. The Morgan fingerprint density at radius 3 is 2.25 bits per heavy atom. The molecule has 0 radical (unpaired) electrons. The molecule has 1 amide bonds. The summed E-state index contributed by atoms with van der Waals surface area (Å²) < 4.78 is 36.1. The molecule has 4 atom stereocenters. The number of aliphatic hydroxyl groups excluding tert-OH is 1. The zero-order valence-electron chi connectivity index (χ0n) is 19.6. The normalized spacial score (nSPS) is 25.7. The highest BCUT2D eigenvalue weighted by molar-refractivity contribution is 7.89. The Hall–Kier alpha value is -3.12. The molecule has 0 unspecified atom stereocenters. The molecule has 2 aliphatic heterocycles. The number of benzene rings is 1. The van der Waals surface area contributed by atoms with E-state index in [1.54, 1.807) is 6.07 Å². The van der Waals surface area contributed by atoms with E-state index >= 15 is 0 Å². The lowest BCUT2D eigenvalue weighted by atomic mass is 10.0. The number of sulfonamides is 1.